The van der Waals surface area contributed by atoms with Crippen LogP contribution in [0.3, 0.4) is 0 Å². The summed E-state index contributed by atoms with van der Waals surface area (Å²) in [5, 5.41) is 5.86. The average Bonchev–Trinajstić information content (AvgIpc) is 3.57. The van der Waals surface area contributed by atoms with E-state index in [-0.39, 0.29) is 30.4 Å². The second-order valence-electron chi connectivity index (χ2n) is 8.32. The van der Waals surface area contributed by atoms with Crippen LogP contribution in [0.1, 0.15) is 45.5 Å². The van der Waals surface area contributed by atoms with Crippen LogP contribution in [0.4, 0.5) is 0 Å². The first-order chi connectivity index (χ1) is 16.9. The van der Waals surface area contributed by atoms with Gasteiger partial charge in [-0.3, -0.25) is 9.59 Å². The van der Waals surface area contributed by atoms with E-state index in [4.69, 9.17) is 16.3 Å². The average molecular weight is 516 g/mol. The van der Waals surface area contributed by atoms with E-state index in [0.717, 1.165) is 23.4 Å². The van der Waals surface area contributed by atoms with Crippen molar-refractivity contribution in [2.75, 3.05) is 20.2 Å². The number of benzene rings is 1. The molecule has 4 rings (SSSR count). The quantitative estimate of drug-likeness (QED) is 0.445. The molecule has 1 aliphatic heterocycles. The zero-order valence-electron chi connectivity index (χ0n) is 19.2. The predicted molar refractivity (Wildman–Crippen MR) is 131 cm³/mol. The van der Waals surface area contributed by atoms with Gasteiger partial charge >= 0.3 is 5.97 Å². The van der Waals surface area contributed by atoms with E-state index in [9.17, 15) is 14.4 Å². The van der Waals surface area contributed by atoms with Crippen LogP contribution in [0.15, 0.2) is 42.2 Å². The van der Waals surface area contributed by atoms with Gasteiger partial charge in [0.25, 0.3) is 5.91 Å². The van der Waals surface area contributed by atoms with E-state index >= 15 is 0 Å². The van der Waals surface area contributed by atoms with Crippen molar-refractivity contribution >= 4 is 40.7 Å². The molecule has 1 unspecified atom stereocenters. The highest BCUT2D eigenvalue weighted by molar-refractivity contribution is 7.09. The number of thiazole rings is 1. The minimum absolute atomic E-state index is 0.0573. The molecule has 184 valence electrons. The van der Waals surface area contributed by atoms with E-state index in [1.54, 1.807) is 17.6 Å². The third-order valence-corrected chi connectivity index (χ3v) is 7.40. The lowest BCUT2D eigenvalue weighted by atomic mass is 9.97. The SMILES string of the molecule is COC(=O)C(Cc1cnc[nH]1)NC(=O)c1csc(C2CCN(C(=O)Cc3ccccc3Cl)CC2)n1. The highest BCUT2D eigenvalue weighted by Crippen LogP contribution is 2.31. The van der Waals surface area contributed by atoms with Crippen LogP contribution in [0.5, 0.6) is 0 Å². The van der Waals surface area contributed by atoms with Crippen molar-refractivity contribution in [1.82, 2.24) is 25.2 Å². The molecule has 1 saturated heterocycles. The Kier molecular flexibility index (Phi) is 8.14. The first-order valence-electron chi connectivity index (χ1n) is 11.3. The van der Waals surface area contributed by atoms with Crippen molar-refractivity contribution in [1.29, 1.82) is 0 Å². The lowest BCUT2D eigenvalue weighted by Gasteiger charge is -2.31. The molecule has 0 bridgehead atoms. The molecule has 0 aliphatic carbocycles. The van der Waals surface area contributed by atoms with E-state index in [0.29, 0.717) is 23.8 Å². The Morgan fingerprint density at radius 1 is 1.29 bits per heavy atom. The first-order valence-corrected chi connectivity index (χ1v) is 12.5. The van der Waals surface area contributed by atoms with Crippen molar-refractivity contribution in [3.05, 3.63) is 69.2 Å². The van der Waals surface area contributed by atoms with E-state index in [2.05, 4.69) is 20.3 Å². The number of piperidine rings is 1. The van der Waals surface area contributed by atoms with Crippen molar-refractivity contribution in [3.63, 3.8) is 0 Å². The van der Waals surface area contributed by atoms with Crippen molar-refractivity contribution in [2.24, 2.45) is 0 Å². The Bertz CT molecular complexity index is 1170. The summed E-state index contributed by atoms with van der Waals surface area (Å²) in [6.45, 7) is 1.26. The molecule has 1 aliphatic rings. The highest BCUT2D eigenvalue weighted by Gasteiger charge is 2.28. The lowest BCUT2D eigenvalue weighted by molar-refractivity contribution is -0.142. The Labute approximate surface area is 211 Å². The zero-order chi connectivity index (χ0) is 24.8. The van der Waals surface area contributed by atoms with Gasteiger partial charge < -0.3 is 19.9 Å². The van der Waals surface area contributed by atoms with Gasteiger partial charge in [0.1, 0.15) is 11.7 Å². The van der Waals surface area contributed by atoms with Gasteiger partial charge in [0.2, 0.25) is 5.91 Å². The number of esters is 1. The number of carbonyl (C=O) groups is 3. The van der Waals surface area contributed by atoms with Crippen molar-refractivity contribution < 1.29 is 19.1 Å². The molecular weight excluding hydrogens is 490 g/mol. The number of H-pyrrole nitrogens is 1. The smallest absolute Gasteiger partial charge is 0.328 e. The minimum atomic E-state index is -0.856. The van der Waals surface area contributed by atoms with Crippen molar-refractivity contribution in [3.8, 4) is 0 Å². The fourth-order valence-electron chi connectivity index (χ4n) is 4.06. The summed E-state index contributed by atoms with van der Waals surface area (Å²) in [5.74, 6) is -0.749. The Balaban J connectivity index is 1.32. The number of hydrogen-bond acceptors (Lipinski definition) is 7. The standard InChI is InChI=1S/C24H26ClN5O4S/c1-34-24(33)19(11-17-12-26-14-27-17)28-22(32)20-13-35-23(29-20)15-6-8-30(9-7-15)21(31)10-16-4-2-3-5-18(16)25/h2-5,12-15,19H,6-11H2,1H3,(H,26,27)(H,28,32). The number of imidazole rings is 1. The summed E-state index contributed by atoms with van der Waals surface area (Å²) in [6, 6.07) is 6.53. The zero-order valence-corrected chi connectivity index (χ0v) is 20.8. The number of amides is 2. The second-order valence-corrected chi connectivity index (χ2v) is 9.62. The Morgan fingerprint density at radius 2 is 2.06 bits per heavy atom. The third kappa shape index (κ3) is 6.26. The Morgan fingerprint density at radius 3 is 2.74 bits per heavy atom. The van der Waals surface area contributed by atoms with Crippen LogP contribution in [0.2, 0.25) is 5.02 Å². The number of aromatic nitrogens is 3. The molecule has 35 heavy (non-hydrogen) atoms. The van der Waals surface area contributed by atoms with Crippen LogP contribution in [-0.4, -0.2) is 63.9 Å². The van der Waals surface area contributed by atoms with Gasteiger partial charge in [0, 0.05) is 47.7 Å². The fraction of sp³-hybridized carbons (Fsp3) is 0.375. The molecule has 0 spiro atoms. The van der Waals surface area contributed by atoms with Gasteiger partial charge in [-0.05, 0) is 24.5 Å². The van der Waals surface area contributed by atoms with Gasteiger partial charge in [-0.15, -0.1) is 11.3 Å². The first kappa shape index (κ1) is 24.9. The molecule has 0 radical (unpaired) electrons. The monoisotopic (exact) mass is 515 g/mol. The van der Waals surface area contributed by atoms with Crippen LogP contribution in [0.25, 0.3) is 0 Å². The number of aromatic amines is 1. The molecule has 2 N–H and O–H groups in total. The Hall–Kier alpha value is -3.24. The lowest BCUT2D eigenvalue weighted by Crippen LogP contribution is -2.43. The van der Waals surface area contributed by atoms with Gasteiger partial charge in [-0.2, -0.15) is 0 Å². The number of hydrogen-bond donors (Lipinski definition) is 2. The number of halogens is 1. The van der Waals surface area contributed by atoms with Gasteiger partial charge in [0.15, 0.2) is 0 Å². The van der Waals surface area contributed by atoms with Gasteiger partial charge in [-0.25, -0.2) is 14.8 Å². The normalized spacial score (nSPS) is 15.0. The number of likely N-dealkylation sites (tertiary alicyclic amines) is 1. The molecule has 1 fully saturated rings. The largest absolute Gasteiger partial charge is 0.467 e. The summed E-state index contributed by atoms with van der Waals surface area (Å²) in [4.78, 5) is 50.9. The molecule has 1 aromatic carbocycles. The van der Waals surface area contributed by atoms with E-state index in [1.807, 2.05) is 23.1 Å². The van der Waals surface area contributed by atoms with Crippen LogP contribution < -0.4 is 5.32 Å². The number of rotatable bonds is 8. The van der Waals surface area contributed by atoms with Gasteiger partial charge in [0.05, 0.1) is 24.9 Å². The molecule has 0 saturated carbocycles. The van der Waals surface area contributed by atoms with Crippen LogP contribution >= 0.6 is 22.9 Å². The molecule has 9 nitrogen and oxygen atoms in total. The number of carbonyl (C=O) groups excluding carboxylic acids is 3. The summed E-state index contributed by atoms with van der Waals surface area (Å²) in [5.41, 5.74) is 1.80. The molecule has 1 atom stereocenters. The maximum atomic E-state index is 12.8. The second kappa shape index (κ2) is 11.5. The third-order valence-electron chi connectivity index (χ3n) is 6.02. The molecule has 3 heterocycles. The molecule has 3 aromatic rings. The van der Waals surface area contributed by atoms with Crippen molar-refractivity contribution in [2.45, 2.75) is 37.6 Å². The maximum absolute atomic E-state index is 12.8. The number of methoxy groups -OCH3 is 1. The maximum Gasteiger partial charge on any atom is 0.328 e. The fourth-order valence-corrected chi connectivity index (χ4v) is 5.23. The van der Waals surface area contributed by atoms with Crippen LogP contribution in [0, 0.1) is 0 Å². The summed E-state index contributed by atoms with van der Waals surface area (Å²) in [6.07, 6.45) is 5.16. The minimum Gasteiger partial charge on any atom is -0.467 e. The molecule has 2 aromatic heterocycles. The number of nitrogens with one attached hydrogen (secondary N) is 2. The summed E-state index contributed by atoms with van der Waals surface area (Å²) < 4.78 is 4.83. The molecule has 2 amide bonds. The predicted octanol–water partition coefficient (Wildman–Crippen LogP) is 2.98. The summed E-state index contributed by atoms with van der Waals surface area (Å²) >= 11 is 7.61. The topological polar surface area (TPSA) is 117 Å². The summed E-state index contributed by atoms with van der Waals surface area (Å²) in [7, 11) is 1.28. The van der Waals surface area contributed by atoms with Gasteiger partial charge in [-0.1, -0.05) is 29.8 Å². The highest BCUT2D eigenvalue weighted by atomic mass is 35.5. The number of nitrogens with zero attached hydrogens (tertiary/aromatic N) is 3. The number of ether oxygens (including phenoxy) is 1. The van der Waals surface area contributed by atoms with Crippen LogP contribution in [-0.2, 0) is 27.2 Å². The molecule has 11 heteroatoms. The molecular formula is C24H26ClN5O4S. The van der Waals surface area contributed by atoms with E-state index in [1.165, 1.54) is 24.8 Å². The van der Waals surface area contributed by atoms with E-state index < -0.39 is 17.9 Å².